The van der Waals surface area contributed by atoms with Gasteiger partial charge >= 0.3 is 6.09 Å². The molecule has 1 saturated heterocycles. The number of aliphatic imine (C=N–C) groups is 1. The summed E-state index contributed by atoms with van der Waals surface area (Å²) in [5.74, 6) is -1.53. The monoisotopic (exact) mass is 325 g/mol. The number of carbonyl (C=O) groups is 1. The van der Waals surface area contributed by atoms with Crippen LogP contribution in [0.15, 0.2) is 17.1 Å². The van der Waals surface area contributed by atoms with Gasteiger partial charge in [-0.1, -0.05) is 0 Å². The zero-order chi connectivity index (χ0) is 16.6. The van der Waals surface area contributed by atoms with Crippen molar-refractivity contribution in [2.75, 3.05) is 26.7 Å². The summed E-state index contributed by atoms with van der Waals surface area (Å²) in [6.07, 6.45) is -0.409. The molecular formula is C15H17F2N3O3. The SMILES string of the molecule is COc1cc(F)c(C2CN3CCCN=C3C2NC(=O)O)c(F)c1. The summed E-state index contributed by atoms with van der Waals surface area (Å²) in [5, 5.41) is 11.4. The van der Waals surface area contributed by atoms with Crippen molar-refractivity contribution in [3.05, 3.63) is 29.3 Å². The summed E-state index contributed by atoms with van der Waals surface area (Å²) in [7, 11) is 1.33. The van der Waals surface area contributed by atoms with Crippen LogP contribution in [0.4, 0.5) is 13.6 Å². The molecule has 124 valence electrons. The zero-order valence-electron chi connectivity index (χ0n) is 12.6. The minimum absolute atomic E-state index is 0.0829. The molecule has 8 heteroatoms. The van der Waals surface area contributed by atoms with Gasteiger partial charge in [0.2, 0.25) is 0 Å². The summed E-state index contributed by atoms with van der Waals surface area (Å²) >= 11 is 0. The van der Waals surface area contributed by atoms with Crippen molar-refractivity contribution in [2.45, 2.75) is 18.4 Å². The number of amidine groups is 1. The third kappa shape index (κ3) is 2.80. The number of methoxy groups -OCH3 is 1. The van der Waals surface area contributed by atoms with Crippen molar-refractivity contribution >= 4 is 11.9 Å². The Bertz CT molecular complexity index is 642. The maximum atomic E-state index is 14.4. The fourth-order valence-electron chi connectivity index (χ4n) is 3.26. The standard InChI is InChI=1S/C15H17F2N3O3/c1-23-8-5-10(16)12(11(17)6-8)9-7-20-4-2-3-18-14(20)13(9)19-15(21)22/h5-6,9,13,19H,2-4,7H2,1H3,(H,21,22). The molecule has 3 rings (SSSR count). The van der Waals surface area contributed by atoms with Crippen LogP contribution < -0.4 is 10.1 Å². The number of carboxylic acid groups (broad SMARTS) is 1. The van der Waals surface area contributed by atoms with Crippen LogP contribution in [-0.2, 0) is 0 Å². The van der Waals surface area contributed by atoms with Crippen LogP contribution in [0.5, 0.6) is 5.75 Å². The molecule has 2 unspecified atom stereocenters. The Hall–Kier alpha value is -2.38. The van der Waals surface area contributed by atoms with Crippen LogP contribution in [-0.4, -0.2) is 54.7 Å². The Morgan fingerprint density at radius 2 is 2.13 bits per heavy atom. The van der Waals surface area contributed by atoms with Crippen LogP contribution >= 0.6 is 0 Å². The van der Waals surface area contributed by atoms with Crippen molar-refractivity contribution in [3.63, 3.8) is 0 Å². The van der Waals surface area contributed by atoms with Gasteiger partial charge in [0.15, 0.2) is 0 Å². The van der Waals surface area contributed by atoms with E-state index < -0.39 is 29.7 Å². The molecule has 0 bridgehead atoms. The lowest BCUT2D eigenvalue weighted by atomic mass is 9.92. The maximum absolute atomic E-state index is 14.4. The first-order valence-corrected chi connectivity index (χ1v) is 7.33. The summed E-state index contributed by atoms with van der Waals surface area (Å²) in [6.45, 7) is 1.61. The van der Waals surface area contributed by atoms with E-state index in [0.717, 1.165) is 18.6 Å². The van der Waals surface area contributed by atoms with Gasteiger partial charge in [-0.2, -0.15) is 0 Å². The van der Waals surface area contributed by atoms with Gasteiger partial charge in [-0.3, -0.25) is 4.99 Å². The average Bonchev–Trinajstić information content (AvgIpc) is 2.84. The number of hydrogen-bond acceptors (Lipinski definition) is 4. The third-order valence-corrected chi connectivity index (χ3v) is 4.22. The second kappa shape index (κ2) is 6.02. The van der Waals surface area contributed by atoms with Crippen molar-refractivity contribution in [2.24, 2.45) is 4.99 Å². The third-order valence-electron chi connectivity index (χ3n) is 4.22. The van der Waals surface area contributed by atoms with Gasteiger partial charge < -0.3 is 20.1 Å². The van der Waals surface area contributed by atoms with E-state index in [1.807, 2.05) is 4.90 Å². The molecular weight excluding hydrogens is 308 g/mol. The number of benzene rings is 1. The molecule has 2 aliphatic rings. The molecule has 0 spiro atoms. The molecule has 2 heterocycles. The fraction of sp³-hybridized carbons (Fsp3) is 0.467. The van der Waals surface area contributed by atoms with Gasteiger partial charge in [0.05, 0.1) is 13.2 Å². The number of amides is 1. The van der Waals surface area contributed by atoms with E-state index in [2.05, 4.69) is 10.3 Å². The van der Waals surface area contributed by atoms with Crippen molar-refractivity contribution < 1.29 is 23.4 Å². The van der Waals surface area contributed by atoms with Crippen LogP contribution in [0.25, 0.3) is 0 Å². The lowest BCUT2D eigenvalue weighted by Crippen LogP contribution is -2.44. The topological polar surface area (TPSA) is 74.2 Å². The maximum Gasteiger partial charge on any atom is 0.405 e. The molecule has 6 nitrogen and oxygen atoms in total. The first kappa shape index (κ1) is 15.5. The number of hydrogen-bond donors (Lipinski definition) is 2. The Labute approximate surface area is 131 Å². The van der Waals surface area contributed by atoms with Crippen LogP contribution in [0.1, 0.15) is 17.9 Å². The summed E-state index contributed by atoms with van der Waals surface area (Å²) in [6, 6.07) is 1.45. The van der Waals surface area contributed by atoms with Crippen molar-refractivity contribution in [3.8, 4) is 5.75 Å². The van der Waals surface area contributed by atoms with E-state index in [9.17, 15) is 13.6 Å². The first-order valence-electron chi connectivity index (χ1n) is 7.33. The highest BCUT2D eigenvalue weighted by Gasteiger charge is 2.43. The van der Waals surface area contributed by atoms with Crippen LogP contribution in [0, 0.1) is 11.6 Å². The van der Waals surface area contributed by atoms with Crippen LogP contribution in [0.2, 0.25) is 0 Å². The molecule has 0 saturated carbocycles. The molecule has 2 aliphatic heterocycles. The van der Waals surface area contributed by atoms with E-state index in [4.69, 9.17) is 9.84 Å². The Morgan fingerprint density at radius 1 is 1.43 bits per heavy atom. The second-order valence-corrected chi connectivity index (χ2v) is 5.58. The largest absolute Gasteiger partial charge is 0.497 e. The van der Waals surface area contributed by atoms with Gasteiger partial charge in [0, 0.05) is 43.2 Å². The van der Waals surface area contributed by atoms with E-state index >= 15 is 0 Å². The smallest absolute Gasteiger partial charge is 0.405 e. The highest BCUT2D eigenvalue weighted by atomic mass is 19.1. The number of halogens is 2. The minimum atomic E-state index is -1.25. The molecule has 0 radical (unpaired) electrons. The number of fused-ring (bicyclic) bond motifs is 1. The lowest BCUT2D eigenvalue weighted by molar-refractivity contribution is 0.191. The summed E-state index contributed by atoms with van der Waals surface area (Å²) in [5.41, 5.74) is -0.137. The first-order chi connectivity index (χ1) is 11.0. The van der Waals surface area contributed by atoms with E-state index in [1.165, 1.54) is 7.11 Å². The van der Waals surface area contributed by atoms with Gasteiger partial charge in [0.1, 0.15) is 23.2 Å². The Morgan fingerprint density at radius 3 is 2.74 bits per heavy atom. The molecule has 2 atom stereocenters. The predicted octanol–water partition coefficient (Wildman–Crippen LogP) is 1.81. The molecule has 23 heavy (non-hydrogen) atoms. The Balaban J connectivity index is 2.02. The van der Waals surface area contributed by atoms with Gasteiger partial charge in [-0.15, -0.1) is 0 Å². The number of nitrogens with one attached hydrogen (secondary N) is 1. The molecule has 1 fully saturated rings. The summed E-state index contributed by atoms with van der Waals surface area (Å²) < 4.78 is 33.6. The number of nitrogens with zero attached hydrogens (tertiary/aromatic N) is 2. The van der Waals surface area contributed by atoms with Gasteiger partial charge in [0.25, 0.3) is 0 Å². The molecule has 1 aromatic rings. The van der Waals surface area contributed by atoms with Crippen LogP contribution in [0.3, 0.4) is 0 Å². The van der Waals surface area contributed by atoms with E-state index in [-0.39, 0.29) is 11.3 Å². The van der Waals surface area contributed by atoms with Gasteiger partial charge in [-0.25, -0.2) is 13.6 Å². The Kier molecular flexibility index (Phi) is 4.06. The van der Waals surface area contributed by atoms with Crippen molar-refractivity contribution in [1.82, 2.24) is 10.2 Å². The number of rotatable bonds is 3. The highest BCUT2D eigenvalue weighted by molar-refractivity contribution is 5.93. The van der Waals surface area contributed by atoms with Crippen molar-refractivity contribution in [1.29, 1.82) is 0 Å². The van der Waals surface area contributed by atoms with E-state index in [1.54, 1.807) is 0 Å². The quantitative estimate of drug-likeness (QED) is 0.889. The zero-order valence-corrected chi connectivity index (χ0v) is 12.6. The second-order valence-electron chi connectivity index (χ2n) is 5.58. The molecule has 1 aromatic carbocycles. The van der Waals surface area contributed by atoms with E-state index in [0.29, 0.717) is 25.5 Å². The molecule has 0 aromatic heterocycles. The lowest BCUT2D eigenvalue weighted by Gasteiger charge is -2.24. The normalized spacial score (nSPS) is 23.3. The fourth-order valence-corrected chi connectivity index (χ4v) is 3.26. The summed E-state index contributed by atoms with van der Waals surface area (Å²) in [4.78, 5) is 17.3. The molecule has 1 amide bonds. The minimum Gasteiger partial charge on any atom is -0.497 e. The predicted molar refractivity (Wildman–Crippen MR) is 79.1 cm³/mol. The highest BCUT2D eigenvalue weighted by Crippen LogP contribution is 2.35. The average molecular weight is 325 g/mol. The number of ether oxygens (including phenoxy) is 1. The van der Waals surface area contributed by atoms with Gasteiger partial charge in [-0.05, 0) is 6.42 Å². The molecule has 2 N–H and O–H groups in total. The molecule has 0 aliphatic carbocycles.